The van der Waals surface area contributed by atoms with Gasteiger partial charge in [0.25, 0.3) is 0 Å². The Hall–Kier alpha value is -0.390. The van der Waals surface area contributed by atoms with Crippen molar-refractivity contribution in [3.8, 4) is 11.8 Å². The molecule has 1 unspecified atom stereocenters. The minimum Gasteiger partial charge on any atom is -0.370 e. The van der Waals surface area contributed by atoms with E-state index in [2.05, 4.69) is 48.6 Å². The molecule has 3 N–H and O–H groups in total. The van der Waals surface area contributed by atoms with E-state index in [-0.39, 0.29) is 12.5 Å². The van der Waals surface area contributed by atoms with Crippen LogP contribution in [-0.4, -0.2) is 56.4 Å². The van der Waals surface area contributed by atoms with Crippen molar-refractivity contribution in [1.82, 2.24) is 16.0 Å². The van der Waals surface area contributed by atoms with Gasteiger partial charge in [-0.3, -0.25) is 4.79 Å². The van der Waals surface area contributed by atoms with Crippen molar-refractivity contribution < 1.29 is 9.53 Å². The van der Waals surface area contributed by atoms with Gasteiger partial charge >= 0.3 is 0 Å². The third kappa shape index (κ3) is 14.9. The van der Waals surface area contributed by atoms with E-state index < -0.39 is 0 Å². The Kier molecular flexibility index (Phi) is 16.2. The second-order valence-electron chi connectivity index (χ2n) is 5.15. The summed E-state index contributed by atoms with van der Waals surface area (Å²) in [6, 6.07) is 0. The molecule has 0 radical (unpaired) electrons. The summed E-state index contributed by atoms with van der Waals surface area (Å²) in [5.41, 5.74) is 0. The van der Waals surface area contributed by atoms with Gasteiger partial charge in [-0.05, 0) is 19.4 Å². The minimum atomic E-state index is -0.124. The summed E-state index contributed by atoms with van der Waals surface area (Å²) in [6.07, 6.45) is 0. The number of carbonyl (C=O) groups is 1. The standard InChI is InChI=1S/C16H31N3O2S2/c1-5-7-8-18-15(20)13-21-11-9-19-16(14(3)4)23-22-12-10-17-6-2/h14,16-17,19H,6,8-13H2,1-4H3,(H,18,20). The maximum Gasteiger partial charge on any atom is 0.246 e. The van der Waals surface area contributed by atoms with Crippen LogP contribution in [0.3, 0.4) is 0 Å². The van der Waals surface area contributed by atoms with E-state index >= 15 is 0 Å². The topological polar surface area (TPSA) is 62.4 Å². The van der Waals surface area contributed by atoms with Gasteiger partial charge in [-0.2, -0.15) is 0 Å². The van der Waals surface area contributed by atoms with Crippen LogP contribution in [0.1, 0.15) is 27.7 Å². The van der Waals surface area contributed by atoms with Crippen molar-refractivity contribution in [2.45, 2.75) is 33.1 Å². The van der Waals surface area contributed by atoms with E-state index in [1.165, 1.54) is 0 Å². The van der Waals surface area contributed by atoms with E-state index in [4.69, 9.17) is 4.74 Å². The SMILES string of the molecule is CC#CCNC(=O)COCCNC(SSCCNCC)C(C)C. The van der Waals surface area contributed by atoms with E-state index in [0.29, 0.717) is 24.4 Å². The molecular formula is C16H31N3O2S2. The first-order valence-corrected chi connectivity index (χ1v) is 10.5. The normalized spacial score (nSPS) is 11.9. The van der Waals surface area contributed by atoms with Crippen LogP contribution < -0.4 is 16.0 Å². The molecule has 7 heteroatoms. The summed E-state index contributed by atoms with van der Waals surface area (Å²) in [5, 5.41) is 9.86. The van der Waals surface area contributed by atoms with Crippen LogP contribution >= 0.6 is 21.6 Å². The average Bonchev–Trinajstić information content (AvgIpc) is 2.52. The molecule has 0 aromatic heterocycles. The molecule has 0 aliphatic carbocycles. The lowest BCUT2D eigenvalue weighted by atomic mass is 10.2. The molecule has 0 aromatic carbocycles. The number of hydrogen-bond donors (Lipinski definition) is 3. The summed E-state index contributed by atoms with van der Waals surface area (Å²) in [7, 11) is 3.76. The molecule has 0 heterocycles. The number of amides is 1. The highest BCUT2D eigenvalue weighted by molar-refractivity contribution is 8.76. The number of carbonyl (C=O) groups excluding carboxylic acids is 1. The third-order valence-corrected chi connectivity index (χ3v) is 5.72. The molecule has 0 spiro atoms. The number of ether oxygens (including phenoxy) is 1. The summed E-state index contributed by atoms with van der Waals surface area (Å²) < 4.78 is 5.37. The van der Waals surface area contributed by atoms with Gasteiger partial charge in [-0.25, -0.2) is 0 Å². The van der Waals surface area contributed by atoms with Gasteiger partial charge in [-0.1, -0.05) is 48.3 Å². The Morgan fingerprint density at radius 3 is 2.74 bits per heavy atom. The maximum absolute atomic E-state index is 11.4. The fraction of sp³-hybridized carbons (Fsp3) is 0.812. The molecule has 134 valence electrons. The van der Waals surface area contributed by atoms with Crippen molar-refractivity contribution in [3.63, 3.8) is 0 Å². The molecule has 0 aliphatic rings. The van der Waals surface area contributed by atoms with Crippen LogP contribution in [0.15, 0.2) is 0 Å². The Morgan fingerprint density at radius 1 is 1.30 bits per heavy atom. The van der Waals surface area contributed by atoms with Gasteiger partial charge in [0.15, 0.2) is 0 Å². The number of hydrogen-bond acceptors (Lipinski definition) is 6. The zero-order valence-electron chi connectivity index (χ0n) is 14.7. The lowest BCUT2D eigenvalue weighted by molar-refractivity contribution is -0.125. The van der Waals surface area contributed by atoms with Crippen LogP contribution in [0, 0.1) is 17.8 Å². The molecule has 23 heavy (non-hydrogen) atoms. The largest absolute Gasteiger partial charge is 0.370 e. The highest BCUT2D eigenvalue weighted by atomic mass is 33.1. The first kappa shape index (κ1) is 22.6. The predicted octanol–water partition coefficient (Wildman–Crippen LogP) is 1.71. The van der Waals surface area contributed by atoms with Crippen LogP contribution in [0.2, 0.25) is 0 Å². The fourth-order valence-electron chi connectivity index (χ4n) is 1.51. The monoisotopic (exact) mass is 361 g/mol. The highest BCUT2D eigenvalue weighted by Gasteiger charge is 2.13. The fourth-order valence-corrected chi connectivity index (χ4v) is 4.24. The summed E-state index contributed by atoms with van der Waals surface area (Å²) >= 11 is 0. The van der Waals surface area contributed by atoms with E-state index in [1.54, 1.807) is 6.92 Å². The molecule has 1 atom stereocenters. The molecule has 0 saturated heterocycles. The van der Waals surface area contributed by atoms with Gasteiger partial charge < -0.3 is 20.7 Å². The lowest BCUT2D eigenvalue weighted by Crippen LogP contribution is -2.34. The van der Waals surface area contributed by atoms with Crippen molar-refractivity contribution in [3.05, 3.63) is 0 Å². The highest BCUT2D eigenvalue weighted by Crippen LogP contribution is 2.29. The molecule has 1 amide bonds. The van der Waals surface area contributed by atoms with Crippen molar-refractivity contribution in [1.29, 1.82) is 0 Å². The van der Waals surface area contributed by atoms with Crippen LogP contribution in [0.4, 0.5) is 0 Å². The van der Waals surface area contributed by atoms with Gasteiger partial charge in [0.1, 0.15) is 6.61 Å². The Bertz CT molecular complexity index is 357. The second kappa shape index (κ2) is 16.5. The molecule has 0 aliphatic heterocycles. The zero-order valence-corrected chi connectivity index (χ0v) is 16.4. The van der Waals surface area contributed by atoms with Crippen molar-refractivity contribution in [2.75, 3.05) is 45.1 Å². The van der Waals surface area contributed by atoms with Gasteiger partial charge in [-0.15, -0.1) is 5.92 Å². The Morgan fingerprint density at radius 2 is 2.09 bits per heavy atom. The summed E-state index contributed by atoms with van der Waals surface area (Å²) in [5.74, 6) is 7.03. The van der Waals surface area contributed by atoms with Crippen LogP contribution in [0.25, 0.3) is 0 Å². The molecule has 0 aromatic rings. The molecule has 5 nitrogen and oxygen atoms in total. The van der Waals surface area contributed by atoms with Crippen LogP contribution in [0.5, 0.6) is 0 Å². The lowest BCUT2D eigenvalue weighted by Gasteiger charge is -2.21. The molecule has 0 bridgehead atoms. The average molecular weight is 362 g/mol. The van der Waals surface area contributed by atoms with E-state index in [1.807, 2.05) is 21.6 Å². The van der Waals surface area contributed by atoms with Gasteiger partial charge in [0, 0.05) is 18.8 Å². The van der Waals surface area contributed by atoms with Crippen LogP contribution in [-0.2, 0) is 9.53 Å². The quantitative estimate of drug-likeness (QED) is 0.189. The Balaban J connectivity index is 3.66. The molecular weight excluding hydrogens is 330 g/mol. The van der Waals surface area contributed by atoms with Crippen molar-refractivity contribution in [2.24, 2.45) is 5.92 Å². The Labute approximate surface area is 149 Å². The van der Waals surface area contributed by atoms with E-state index in [0.717, 1.165) is 25.4 Å². The maximum atomic E-state index is 11.4. The molecule has 0 saturated carbocycles. The van der Waals surface area contributed by atoms with Gasteiger partial charge in [0.2, 0.25) is 5.91 Å². The first-order chi connectivity index (χ1) is 11.1. The summed E-state index contributed by atoms with van der Waals surface area (Å²) in [4.78, 5) is 11.4. The zero-order chi connectivity index (χ0) is 17.3. The summed E-state index contributed by atoms with van der Waals surface area (Å²) in [6.45, 7) is 12.1. The predicted molar refractivity (Wildman–Crippen MR) is 103 cm³/mol. The molecule has 0 rings (SSSR count). The smallest absolute Gasteiger partial charge is 0.246 e. The second-order valence-corrected chi connectivity index (χ2v) is 7.78. The number of rotatable bonds is 14. The number of nitrogens with one attached hydrogen (secondary N) is 3. The van der Waals surface area contributed by atoms with Crippen molar-refractivity contribution >= 4 is 27.5 Å². The molecule has 0 fully saturated rings. The van der Waals surface area contributed by atoms with E-state index in [9.17, 15) is 4.79 Å². The minimum absolute atomic E-state index is 0.0873. The van der Waals surface area contributed by atoms with Gasteiger partial charge in [0.05, 0.1) is 18.5 Å². The first-order valence-electron chi connectivity index (χ1n) is 8.08. The third-order valence-electron chi connectivity index (χ3n) is 2.77.